The molecule has 0 spiro atoms. The lowest BCUT2D eigenvalue weighted by Gasteiger charge is -2.33. The van der Waals surface area contributed by atoms with Crippen LogP contribution in [0.2, 0.25) is 10.0 Å². The highest BCUT2D eigenvalue weighted by atomic mass is 35.5. The van der Waals surface area contributed by atoms with Gasteiger partial charge in [0.1, 0.15) is 12.6 Å². The number of sulfonamides is 1. The highest BCUT2D eigenvalue weighted by molar-refractivity contribution is 7.92. The van der Waals surface area contributed by atoms with E-state index in [0.29, 0.717) is 21.3 Å². The number of nitrogens with zero attached hydrogens (tertiary/aromatic N) is 2. The van der Waals surface area contributed by atoms with Crippen molar-refractivity contribution in [1.29, 1.82) is 0 Å². The summed E-state index contributed by atoms with van der Waals surface area (Å²) < 4.78 is 29.2. The molecule has 1 saturated carbocycles. The zero-order valence-electron chi connectivity index (χ0n) is 25.1. The summed E-state index contributed by atoms with van der Waals surface area (Å²) in [5.74, 6) is -0.800. The topological polar surface area (TPSA) is 86.8 Å². The largest absolute Gasteiger partial charge is 0.352 e. The zero-order chi connectivity index (χ0) is 31.3. The number of aryl methyl sites for hydroxylation is 3. The zero-order valence-corrected chi connectivity index (χ0v) is 27.4. The second-order valence-corrected chi connectivity index (χ2v) is 14.1. The fraction of sp³-hybridized carbons (Fsp3) is 0.394. The Hall–Kier alpha value is -3.07. The summed E-state index contributed by atoms with van der Waals surface area (Å²) in [5.41, 5.74) is 3.84. The van der Waals surface area contributed by atoms with Crippen molar-refractivity contribution in [3.8, 4) is 0 Å². The van der Waals surface area contributed by atoms with Crippen LogP contribution in [-0.4, -0.2) is 43.8 Å². The second kappa shape index (κ2) is 14.1. The minimum absolute atomic E-state index is 0.0420. The number of halogens is 2. The molecule has 0 radical (unpaired) electrons. The minimum atomic E-state index is -4.14. The maximum Gasteiger partial charge on any atom is 0.264 e. The van der Waals surface area contributed by atoms with E-state index in [4.69, 9.17) is 23.2 Å². The number of anilines is 1. The van der Waals surface area contributed by atoms with Crippen LogP contribution in [-0.2, 0) is 26.2 Å². The average molecular weight is 645 g/mol. The van der Waals surface area contributed by atoms with E-state index in [1.165, 1.54) is 17.0 Å². The van der Waals surface area contributed by atoms with Crippen molar-refractivity contribution in [2.24, 2.45) is 0 Å². The molecule has 43 heavy (non-hydrogen) atoms. The molecule has 0 heterocycles. The second-order valence-electron chi connectivity index (χ2n) is 11.4. The highest BCUT2D eigenvalue weighted by Gasteiger charge is 2.33. The van der Waals surface area contributed by atoms with E-state index in [9.17, 15) is 18.0 Å². The first-order valence-electron chi connectivity index (χ1n) is 14.6. The number of nitrogens with one attached hydrogen (secondary N) is 1. The van der Waals surface area contributed by atoms with Crippen LogP contribution in [0.3, 0.4) is 0 Å². The van der Waals surface area contributed by atoms with Gasteiger partial charge in [-0.25, -0.2) is 8.42 Å². The molecule has 0 bridgehead atoms. The minimum Gasteiger partial charge on any atom is -0.352 e. The molecule has 1 fully saturated rings. The maximum absolute atomic E-state index is 14.2. The lowest BCUT2D eigenvalue weighted by Crippen LogP contribution is -2.53. The molecule has 0 aliphatic heterocycles. The summed E-state index contributed by atoms with van der Waals surface area (Å²) in [6, 6.07) is 16.0. The van der Waals surface area contributed by atoms with E-state index in [2.05, 4.69) is 5.32 Å². The SMILES string of the molecule is Cc1ccc(S(=O)(=O)N(CC(=O)N(Cc2ccc(Cl)c(Cl)c2)[C@@H](C)C(=O)NC2CCCCC2)c2ccc(C)c(C)c2)cc1. The van der Waals surface area contributed by atoms with Crippen LogP contribution in [0.5, 0.6) is 0 Å². The standard InChI is InChI=1S/C33H39Cl2N3O4S/c1-22-10-15-29(16-11-22)43(41,42)38(28-14-12-23(2)24(3)18-28)21-32(39)37(20-26-13-17-30(34)31(35)19-26)25(4)33(40)36-27-8-6-5-7-9-27/h10-19,25,27H,5-9,20-21H2,1-4H3,(H,36,40)/t25-/m0/s1. The van der Waals surface area contributed by atoms with Crippen molar-refractivity contribution in [2.45, 2.75) is 83.3 Å². The van der Waals surface area contributed by atoms with Crippen LogP contribution >= 0.6 is 23.2 Å². The average Bonchev–Trinajstić information content (AvgIpc) is 2.98. The predicted molar refractivity (Wildman–Crippen MR) is 173 cm³/mol. The lowest BCUT2D eigenvalue weighted by atomic mass is 9.95. The van der Waals surface area contributed by atoms with E-state index in [-0.39, 0.29) is 23.4 Å². The summed E-state index contributed by atoms with van der Waals surface area (Å²) in [7, 11) is -4.14. The smallest absolute Gasteiger partial charge is 0.264 e. The third-order valence-corrected chi connectivity index (χ3v) is 10.6. The van der Waals surface area contributed by atoms with Gasteiger partial charge in [0.05, 0.1) is 20.6 Å². The van der Waals surface area contributed by atoms with Crippen molar-refractivity contribution < 1.29 is 18.0 Å². The molecule has 0 saturated heterocycles. The van der Waals surface area contributed by atoms with Gasteiger partial charge in [0, 0.05) is 12.6 Å². The fourth-order valence-electron chi connectivity index (χ4n) is 5.23. The molecule has 7 nitrogen and oxygen atoms in total. The van der Waals surface area contributed by atoms with E-state index in [1.54, 1.807) is 49.4 Å². The van der Waals surface area contributed by atoms with Gasteiger partial charge in [-0.2, -0.15) is 0 Å². The Morgan fingerprint density at radius 2 is 1.56 bits per heavy atom. The molecule has 1 atom stereocenters. The summed E-state index contributed by atoms with van der Waals surface area (Å²) in [6.45, 7) is 6.92. The maximum atomic E-state index is 14.2. The molecule has 3 aromatic rings. The Balaban J connectivity index is 1.71. The molecule has 230 valence electrons. The third-order valence-electron chi connectivity index (χ3n) is 8.12. The van der Waals surface area contributed by atoms with Crippen LogP contribution in [0.4, 0.5) is 5.69 Å². The summed E-state index contributed by atoms with van der Waals surface area (Å²) >= 11 is 12.4. The number of rotatable bonds is 10. The number of hydrogen-bond donors (Lipinski definition) is 1. The highest BCUT2D eigenvalue weighted by Crippen LogP contribution is 2.28. The third kappa shape index (κ3) is 8.11. The Bertz CT molecular complexity index is 1570. The molecule has 1 aliphatic rings. The van der Waals surface area contributed by atoms with Crippen LogP contribution in [0.1, 0.15) is 61.3 Å². The quantitative estimate of drug-likeness (QED) is 0.258. The number of amides is 2. The molecule has 0 aromatic heterocycles. The van der Waals surface area contributed by atoms with E-state index >= 15 is 0 Å². The molecule has 2 amide bonds. The summed E-state index contributed by atoms with van der Waals surface area (Å²) in [4.78, 5) is 29.1. The number of benzene rings is 3. The van der Waals surface area contributed by atoms with Gasteiger partial charge >= 0.3 is 0 Å². The molecule has 3 aromatic carbocycles. The number of hydrogen-bond acceptors (Lipinski definition) is 4. The van der Waals surface area contributed by atoms with Crippen LogP contribution in [0, 0.1) is 20.8 Å². The van der Waals surface area contributed by atoms with E-state index in [1.807, 2.05) is 26.8 Å². The predicted octanol–water partition coefficient (Wildman–Crippen LogP) is 6.98. The molecule has 10 heteroatoms. The van der Waals surface area contributed by atoms with Crippen molar-refractivity contribution in [1.82, 2.24) is 10.2 Å². The van der Waals surface area contributed by atoms with Gasteiger partial charge in [0.25, 0.3) is 10.0 Å². The number of carbonyl (C=O) groups is 2. The summed E-state index contributed by atoms with van der Waals surface area (Å²) in [5, 5.41) is 3.80. The number of carbonyl (C=O) groups excluding carboxylic acids is 2. The molecule has 1 aliphatic carbocycles. The normalized spacial score (nSPS) is 14.7. The Morgan fingerprint density at radius 1 is 0.884 bits per heavy atom. The van der Waals surface area contributed by atoms with Gasteiger partial charge in [-0.05, 0) is 93.6 Å². The van der Waals surface area contributed by atoms with Crippen LogP contribution in [0.25, 0.3) is 0 Å². The first-order chi connectivity index (χ1) is 20.4. The fourth-order valence-corrected chi connectivity index (χ4v) is 6.96. The van der Waals surface area contributed by atoms with Gasteiger partial charge in [-0.1, -0.05) is 72.3 Å². The molecule has 4 rings (SSSR count). The molecule has 0 unspecified atom stereocenters. The van der Waals surface area contributed by atoms with E-state index < -0.39 is 28.5 Å². The summed E-state index contributed by atoms with van der Waals surface area (Å²) in [6.07, 6.45) is 5.04. The van der Waals surface area contributed by atoms with Gasteiger partial charge in [-0.15, -0.1) is 0 Å². The first kappa shape index (κ1) is 32.8. The molecular weight excluding hydrogens is 605 g/mol. The Morgan fingerprint density at radius 3 is 2.19 bits per heavy atom. The van der Waals surface area contributed by atoms with Gasteiger partial charge in [-0.3, -0.25) is 13.9 Å². The van der Waals surface area contributed by atoms with Gasteiger partial charge in [0.15, 0.2) is 0 Å². The first-order valence-corrected chi connectivity index (χ1v) is 16.8. The van der Waals surface area contributed by atoms with Crippen molar-refractivity contribution in [3.05, 3.63) is 93.0 Å². The molecular formula is C33H39Cl2N3O4S. The lowest BCUT2D eigenvalue weighted by molar-refractivity contribution is -0.139. The molecule has 1 N–H and O–H groups in total. The monoisotopic (exact) mass is 643 g/mol. The van der Waals surface area contributed by atoms with Crippen molar-refractivity contribution in [3.63, 3.8) is 0 Å². The van der Waals surface area contributed by atoms with E-state index in [0.717, 1.165) is 53.1 Å². The van der Waals surface area contributed by atoms with Crippen LogP contribution < -0.4 is 9.62 Å². The Labute approximate surface area is 265 Å². The Kier molecular flexibility index (Phi) is 10.8. The van der Waals surface area contributed by atoms with Crippen LogP contribution in [0.15, 0.2) is 65.6 Å². The van der Waals surface area contributed by atoms with Gasteiger partial charge < -0.3 is 10.2 Å². The van der Waals surface area contributed by atoms with Gasteiger partial charge in [0.2, 0.25) is 11.8 Å². The van der Waals surface area contributed by atoms with Crippen molar-refractivity contribution >= 4 is 50.7 Å². The van der Waals surface area contributed by atoms with Crippen molar-refractivity contribution in [2.75, 3.05) is 10.8 Å².